The molecule has 3 rings (SSSR count). The maximum Gasteiger partial charge on any atom is 0.325 e. The summed E-state index contributed by atoms with van der Waals surface area (Å²) < 4.78 is 4.99. The summed E-state index contributed by atoms with van der Waals surface area (Å²) in [4.78, 5) is 26.1. The highest BCUT2D eigenvalue weighted by Gasteiger charge is 2.50. The zero-order valence-corrected chi connectivity index (χ0v) is 21.4. The molecule has 1 amide bonds. The van der Waals surface area contributed by atoms with Gasteiger partial charge in [0.25, 0.3) is 5.91 Å². The summed E-state index contributed by atoms with van der Waals surface area (Å²) in [5.41, 5.74) is 0.807. The van der Waals surface area contributed by atoms with Crippen LogP contribution in [0.15, 0.2) is 48.3 Å². The van der Waals surface area contributed by atoms with Gasteiger partial charge >= 0.3 is 5.97 Å². The SMILES string of the molecule is CCCCCCCCCCCCc1cccc(C2(O)NC(=O)C3=CN(CC(=O)OCC)C=CC32)c1. The van der Waals surface area contributed by atoms with Crippen LogP contribution >= 0.6 is 0 Å². The predicted octanol–water partition coefficient (Wildman–Crippen LogP) is 5.32. The molecule has 0 bridgehead atoms. The summed E-state index contributed by atoms with van der Waals surface area (Å²) in [7, 11) is 0. The number of nitrogens with zero attached hydrogens (tertiary/aromatic N) is 1. The highest BCUT2D eigenvalue weighted by atomic mass is 16.5. The van der Waals surface area contributed by atoms with Gasteiger partial charge in [-0.2, -0.15) is 0 Å². The van der Waals surface area contributed by atoms with Crippen LogP contribution in [0.5, 0.6) is 0 Å². The van der Waals surface area contributed by atoms with E-state index in [1.807, 2.05) is 18.2 Å². The van der Waals surface area contributed by atoms with Gasteiger partial charge in [0.1, 0.15) is 6.54 Å². The van der Waals surface area contributed by atoms with E-state index in [4.69, 9.17) is 4.74 Å². The molecule has 192 valence electrons. The molecule has 2 heterocycles. The molecule has 1 aromatic carbocycles. The van der Waals surface area contributed by atoms with Gasteiger partial charge < -0.3 is 20.1 Å². The molecule has 6 nitrogen and oxygen atoms in total. The Balaban J connectivity index is 1.51. The third-order valence-corrected chi connectivity index (χ3v) is 6.93. The number of rotatable bonds is 15. The van der Waals surface area contributed by atoms with Crippen LogP contribution in [0.1, 0.15) is 89.2 Å². The fraction of sp³-hybridized carbons (Fsp3) is 0.586. The van der Waals surface area contributed by atoms with Crippen LogP contribution < -0.4 is 5.32 Å². The first kappa shape index (κ1) is 27.0. The third-order valence-electron chi connectivity index (χ3n) is 6.93. The van der Waals surface area contributed by atoms with Gasteiger partial charge in [0, 0.05) is 23.5 Å². The minimum Gasteiger partial charge on any atom is -0.465 e. The normalized spacial score (nSPS) is 21.0. The van der Waals surface area contributed by atoms with Crippen molar-refractivity contribution >= 4 is 11.9 Å². The summed E-state index contributed by atoms with van der Waals surface area (Å²) >= 11 is 0. The van der Waals surface area contributed by atoms with Crippen molar-refractivity contribution in [2.24, 2.45) is 5.92 Å². The smallest absolute Gasteiger partial charge is 0.325 e. The molecule has 0 aromatic heterocycles. The van der Waals surface area contributed by atoms with Gasteiger partial charge in [-0.05, 0) is 25.3 Å². The van der Waals surface area contributed by atoms with Gasteiger partial charge in [0.05, 0.1) is 12.5 Å². The lowest BCUT2D eigenvalue weighted by Gasteiger charge is -2.31. The first-order valence-corrected chi connectivity index (χ1v) is 13.4. The summed E-state index contributed by atoms with van der Waals surface area (Å²) in [5.74, 6) is -1.20. The van der Waals surface area contributed by atoms with E-state index >= 15 is 0 Å². The highest BCUT2D eigenvalue weighted by molar-refractivity contribution is 5.98. The number of aliphatic hydroxyl groups is 1. The third kappa shape index (κ3) is 7.44. The standard InChI is InChI=1S/C29H42N2O4/c1-3-5-6-7-8-9-10-11-12-13-15-23-16-14-17-24(20-23)29(34)26-18-19-31(22-27(32)35-4-2)21-25(26)28(33)30-29/h14,16-21,26,34H,3-13,15,22H2,1-2H3,(H,30,33). The van der Waals surface area contributed by atoms with Crippen LogP contribution in [0.2, 0.25) is 0 Å². The molecule has 6 heteroatoms. The molecule has 0 radical (unpaired) electrons. The molecule has 2 aliphatic rings. The van der Waals surface area contributed by atoms with Crippen molar-refractivity contribution in [3.05, 3.63) is 59.4 Å². The van der Waals surface area contributed by atoms with Gasteiger partial charge in [-0.3, -0.25) is 9.59 Å². The second-order valence-corrected chi connectivity index (χ2v) is 9.73. The Hall–Kier alpha value is -2.60. The van der Waals surface area contributed by atoms with E-state index in [1.54, 1.807) is 30.3 Å². The molecular weight excluding hydrogens is 440 g/mol. The zero-order chi connectivity index (χ0) is 25.1. The maximum absolute atomic E-state index is 12.7. The fourth-order valence-electron chi connectivity index (χ4n) is 4.98. The average Bonchev–Trinajstić information content (AvgIpc) is 3.11. The van der Waals surface area contributed by atoms with Crippen molar-refractivity contribution in [3.63, 3.8) is 0 Å². The first-order valence-electron chi connectivity index (χ1n) is 13.4. The van der Waals surface area contributed by atoms with Gasteiger partial charge in [0.15, 0.2) is 5.72 Å². The summed E-state index contributed by atoms with van der Waals surface area (Å²) in [5, 5.41) is 14.3. The molecular formula is C29H42N2O4. The van der Waals surface area contributed by atoms with Gasteiger partial charge in [-0.15, -0.1) is 0 Å². The van der Waals surface area contributed by atoms with Crippen LogP contribution in [0, 0.1) is 5.92 Å². The Kier molecular flexibility index (Phi) is 10.4. The topological polar surface area (TPSA) is 78.9 Å². The van der Waals surface area contributed by atoms with Crippen molar-refractivity contribution < 1.29 is 19.4 Å². The van der Waals surface area contributed by atoms with E-state index < -0.39 is 11.6 Å². The first-order chi connectivity index (χ1) is 17.0. The Morgan fingerprint density at radius 3 is 2.43 bits per heavy atom. The van der Waals surface area contributed by atoms with E-state index in [1.165, 1.54) is 63.4 Å². The fourth-order valence-corrected chi connectivity index (χ4v) is 4.98. The molecule has 0 aliphatic carbocycles. The highest BCUT2D eigenvalue weighted by Crippen LogP contribution is 2.41. The number of hydrogen-bond acceptors (Lipinski definition) is 5. The van der Waals surface area contributed by atoms with Gasteiger partial charge in [0.2, 0.25) is 0 Å². The number of fused-ring (bicyclic) bond motifs is 1. The van der Waals surface area contributed by atoms with Crippen molar-refractivity contribution in [1.29, 1.82) is 0 Å². The summed E-state index contributed by atoms with van der Waals surface area (Å²) in [6.07, 6.45) is 19.1. The maximum atomic E-state index is 12.7. The Labute approximate surface area is 210 Å². The van der Waals surface area contributed by atoms with E-state index in [0.717, 1.165) is 12.8 Å². The quantitative estimate of drug-likeness (QED) is 0.261. The molecule has 2 atom stereocenters. The Morgan fingerprint density at radius 1 is 1.06 bits per heavy atom. The average molecular weight is 483 g/mol. The van der Waals surface area contributed by atoms with Crippen LogP contribution in [0.4, 0.5) is 0 Å². The zero-order valence-electron chi connectivity index (χ0n) is 21.4. The lowest BCUT2D eigenvalue weighted by molar-refractivity contribution is -0.143. The van der Waals surface area contributed by atoms with Crippen LogP contribution in [0.3, 0.4) is 0 Å². The number of amides is 1. The summed E-state index contributed by atoms with van der Waals surface area (Å²) in [6, 6.07) is 7.91. The second kappa shape index (κ2) is 13.5. The molecule has 1 aromatic rings. The molecule has 0 spiro atoms. The lowest BCUT2D eigenvalue weighted by atomic mass is 9.85. The number of esters is 1. The second-order valence-electron chi connectivity index (χ2n) is 9.73. The Bertz CT molecular complexity index is 910. The minimum atomic E-state index is -1.50. The lowest BCUT2D eigenvalue weighted by Crippen LogP contribution is -2.42. The van der Waals surface area contributed by atoms with Gasteiger partial charge in [-0.1, -0.05) is 95.1 Å². The van der Waals surface area contributed by atoms with Crippen molar-refractivity contribution in [3.8, 4) is 0 Å². The van der Waals surface area contributed by atoms with E-state index in [-0.39, 0.29) is 18.4 Å². The molecule has 35 heavy (non-hydrogen) atoms. The van der Waals surface area contributed by atoms with Crippen molar-refractivity contribution in [2.45, 2.75) is 90.2 Å². The molecule has 1 saturated heterocycles. The molecule has 2 N–H and O–H groups in total. The van der Waals surface area contributed by atoms with E-state index in [9.17, 15) is 14.7 Å². The monoisotopic (exact) mass is 482 g/mol. The van der Waals surface area contributed by atoms with Gasteiger partial charge in [-0.25, -0.2) is 0 Å². The number of hydrogen-bond donors (Lipinski definition) is 2. The number of nitrogens with one attached hydrogen (secondary N) is 1. The number of unbranched alkanes of at least 4 members (excludes halogenated alkanes) is 9. The molecule has 1 fully saturated rings. The number of aryl methyl sites for hydroxylation is 1. The predicted molar refractivity (Wildman–Crippen MR) is 138 cm³/mol. The minimum absolute atomic E-state index is 0.0284. The molecule has 2 unspecified atom stereocenters. The Morgan fingerprint density at radius 2 is 1.74 bits per heavy atom. The molecule has 2 aliphatic heterocycles. The van der Waals surface area contributed by atoms with Crippen molar-refractivity contribution in [1.82, 2.24) is 10.2 Å². The summed E-state index contributed by atoms with van der Waals surface area (Å²) in [6.45, 7) is 4.35. The van der Waals surface area contributed by atoms with Crippen LogP contribution in [-0.2, 0) is 26.5 Å². The largest absolute Gasteiger partial charge is 0.465 e. The molecule has 0 saturated carbocycles. The van der Waals surface area contributed by atoms with Crippen LogP contribution in [-0.4, -0.2) is 35.0 Å². The van der Waals surface area contributed by atoms with E-state index in [2.05, 4.69) is 18.3 Å². The van der Waals surface area contributed by atoms with Crippen LogP contribution in [0.25, 0.3) is 0 Å². The number of carbonyl (C=O) groups is 2. The number of ether oxygens (including phenoxy) is 1. The number of benzene rings is 1. The van der Waals surface area contributed by atoms with E-state index in [0.29, 0.717) is 17.7 Å². The van der Waals surface area contributed by atoms with Crippen molar-refractivity contribution in [2.75, 3.05) is 13.2 Å². The number of carbonyl (C=O) groups excluding carboxylic acids is 2.